The standard InChI is InChI=1S/C26H31N3O/c30-26(18-20-10-2-1-3-11-20)28(21-12-4-5-13-21)19-25-27-23-16-8-9-17-24(23)29(25)22-14-6-7-15-22/h1-3,8-11,16-17,21-22H,4-7,12-15,18-19H2. The maximum Gasteiger partial charge on any atom is 0.227 e. The summed E-state index contributed by atoms with van der Waals surface area (Å²) in [5.41, 5.74) is 3.37. The summed E-state index contributed by atoms with van der Waals surface area (Å²) in [5.74, 6) is 1.30. The quantitative estimate of drug-likeness (QED) is 0.534. The molecule has 0 aliphatic heterocycles. The number of aromatic nitrogens is 2. The van der Waals surface area contributed by atoms with E-state index in [9.17, 15) is 4.79 Å². The van der Waals surface area contributed by atoms with E-state index in [1.807, 2.05) is 18.2 Å². The first-order valence-corrected chi connectivity index (χ1v) is 11.6. The number of imidazole rings is 1. The Balaban J connectivity index is 1.47. The Labute approximate surface area is 178 Å². The van der Waals surface area contributed by atoms with Crippen LogP contribution in [0.2, 0.25) is 0 Å². The molecule has 2 aliphatic carbocycles. The zero-order chi connectivity index (χ0) is 20.3. The molecule has 30 heavy (non-hydrogen) atoms. The minimum atomic E-state index is 0.234. The largest absolute Gasteiger partial charge is 0.332 e. The molecule has 2 aromatic carbocycles. The van der Waals surface area contributed by atoms with Crippen molar-refractivity contribution in [3.8, 4) is 0 Å². The van der Waals surface area contributed by atoms with E-state index in [1.54, 1.807) is 0 Å². The molecule has 2 fully saturated rings. The highest BCUT2D eigenvalue weighted by Crippen LogP contribution is 2.35. The number of hydrogen-bond acceptors (Lipinski definition) is 2. The van der Waals surface area contributed by atoms with Gasteiger partial charge in [-0.25, -0.2) is 4.98 Å². The summed E-state index contributed by atoms with van der Waals surface area (Å²) in [6, 6.07) is 19.5. The molecule has 0 spiro atoms. The Bertz CT molecular complexity index is 998. The van der Waals surface area contributed by atoms with Gasteiger partial charge in [0.15, 0.2) is 0 Å². The second kappa shape index (κ2) is 8.63. The minimum absolute atomic E-state index is 0.234. The van der Waals surface area contributed by atoms with Crippen molar-refractivity contribution in [3.05, 3.63) is 66.0 Å². The lowest BCUT2D eigenvalue weighted by molar-refractivity contribution is -0.133. The summed E-state index contributed by atoms with van der Waals surface area (Å²) < 4.78 is 2.46. The topological polar surface area (TPSA) is 38.1 Å². The van der Waals surface area contributed by atoms with Gasteiger partial charge in [0.05, 0.1) is 24.0 Å². The maximum absolute atomic E-state index is 13.4. The van der Waals surface area contributed by atoms with Gasteiger partial charge in [-0.05, 0) is 43.4 Å². The van der Waals surface area contributed by atoms with Crippen LogP contribution < -0.4 is 0 Å². The Hall–Kier alpha value is -2.62. The van der Waals surface area contributed by atoms with Gasteiger partial charge in [-0.3, -0.25) is 4.79 Å². The summed E-state index contributed by atoms with van der Waals surface area (Å²) in [6.07, 6.45) is 10.2. The number of benzene rings is 2. The molecule has 0 unspecified atom stereocenters. The predicted octanol–water partition coefficient (Wildman–Crippen LogP) is 5.67. The first-order chi connectivity index (χ1) is 14.8. The summed E-state index contributed by atoms with van der Waals surface area (Å²) >= 11 is 0. The first-order valence-electron chi connectivity index (χ1n) is 11.6. The van der Waals surface area contributed by atoms with E-state index in [0.29, 0.717) is 25.0 Å². The third kappa shape index (κ3) is 3.88. The second-order valence-corrected chi connectivity index (χ2v) is 8.95. The van der Waals surface area contributed by atoms with Gasteiger partial charge < -0.3 is 9.47 Å². The zero-order valence-electron chi connectivity index (χ0n) is 17.7. The lowest BCUT2D eigenvalue weighted by atomic mass is 10.1. The van der Waals surface area contributed by atoms with E-state index < -0.39 is 0 Å². The first kappa shape index (κ1) is 19.3. The van der Waals surface area contributed by atoms with Crippen molar-refractivity contribution >= 4 is 16.9 Å². The van der Waals surface area contributed by atoms with Crippen LogP contribution in [0.4, 0.5) is 0 Å². The fraction of sp³-hybridized carbons (Fsp3) is 0.462. The summed E-state index contributed by atoms with van der Waals surface area (Å²) in [4.78, 5) is 20.6. The summed E-state index contributed by atoms with van der Waals surface area (Å²) in [6.45, 7) is 0.627. The molecule has 0 atom stereocenters. The van der Waals surface area contributed by atoms with Crippen molar-refractivity contribution in [2.24, 2.45) is 0 Å². The normalized spacial score (nSPS) is 17.7. The molecule has 0 N–H and O–H groups in total. The van der Waals surface area contributed by atoms with Gasteiger partial charge >= 0.3 is 0 Å². The van der Waals surface area contributed by atoms with Crippen LogP contribution in [0.1, 0.15) is 68.8 Å². The number of rotatable bonds is 6. The Morgan fingerprint density at radius 2 is 1.57 bits per heavy atom. The number of para-hydroxylation sites is 2. The lowest BCUT2D eigenvalue weighted by Crippen LogP contribution is -2.40. The molecular weight excluding hydrogens is 370 g/mol. The molecular formula is C26H31N3O. The van der Waals surface area contributed by atoms with Crippen LogP contribution in [-0.4, -0.2) is 26.4 Å². The van der Waals surface area contributed by atoms with E-state index in [-0.39, 0.29) is 5.91 Å². The minimum Gasteiger partial charge on any atom is -0.332 e. The van der Waals surface area contributed by atoms with Gasteiger partial charge in [-0.2, -0.15) is 0 Å². The molecule has 0 saturated heterocycles. The van der Waals surface area contributed by atoms with Gasteiger partial charge in [0.25, 0.3) is 0 Å². The predicted molar refractivity (Wildman–Crippen MR) is 120 cm³/mol. The lowest BCUT2D eigenvalue weighted by Gasteiger charge is -2.30. The molecule has 4 heteroatoms. The van der Waals surface area contributed by atoms with Gasteiger partial charge in [0.2, 0.25) is 5.91 Å². The zero-order valence-corrected chi connectivity index (χ0v) is 17.7. The fourth-order valence-electron chi connectivity index (χ4n) is 5.44. The Morgan fingerprint density at radius 3 is 2.33 bits per heavy atom. The highest BCUT2D eigenvalue weighted by atomic mass is 16.2. The smallest absolute Gasteiger partial charge is 0.227 e. The van der Waals surface area contributed by atoms with E-state index in [0.717, 1.165) is 29.7 Å². The maximum atomic E-state index is 13.4. The van der Waals surface area contributed by atoms with Gasteiger partial charge in [-0.1, -0.05) is 68.1 Å². The average Bonchev–Trinajstić information content (AvgIpc) is 3.53. The molecule has 0 bridgehead atoms. The molecule has 1 heterocycles. The summed E-state index contributed by atoms with van der Waals surface area (Å²) in [5, 5.41) is 0. The number of nitrogens with zero attached hydrogens (tertiary/aromatic N) is 3. The van der Waals surface area contributed by atoms with Crippen LogP contribution >= 0.6 is 0 Å². The Kier molecular flexibility index (Phi) is 5.56. The summed E-state index contributed by atoms with van der Waals surface area (Å²) in [7, 11) is 0. The highest BCUT2D eigenvalue weighted by molar-refractivity contribution is 5.80. The van der Waals surface area contributed by atoms with Crippen LogP contribution in [0, 0.1) is 0 Å². The van der Waals surface area contributed by atoms with Crippen LogP contribution in [-0.2, 0) is 17.8 Å². The number of carbonyl (C=O) groups excluding carboxylic acids is 1. The molecule has 2 saturated carbocycles. The molecule has 1 aromatic heterocycles. The van der Waals surface area contributed by atoms with E-state index in [1.165, 1.54) is 44.0 Å². The number of fused-ring (bicyclic) bond motifs is 1. The third-order valence-corrected chi connectivity index (χ3v) is 6.95. The monoisotopic (exact) mass is 401 g/mol. The van der Waals surface area contributed by atoms with Crippen molar-refractivity contribution in [1.82, 2.24) is 14.5 Å². The van der Waals surface area contributed by atoms with Crippen LogP contribution in [0.5, 0.6) is 0 Å². The number of hydrogen-bond donors (Lipinski definition) is 0. The molecule has 156 valence electrons. The van der Waals surface area contributed by atoms with Crippen molar-refractivity contribution < 1.29 is 4.79 Å². The SMILES string of the molecule is O=C(Cc1ccccc1)N(Cc1nc2ccccc2n1C1CCCC1)C1CCCC1. The number of amides is 1. The van der Waals surface area contributed by atoms with Crippen molar-refractivity contribution in [1.29, 1.82) is 0 Å². The van der Waals surface area contributed by atoms with Crippen LogP contribution in [0.25, 0.3) is 11.0 Å². The van der Waals surface area contributed by atoms with E-state index >= 15 is 0 Å². The van der Waals surface area contributed by atoms with Crippen molar-refractivity contribution in [2.45, 2.75) is 76.4 Å². The van der Waals surface area contributed by atoms with E-state index in [2.05, 4.69) is 45.9 Å². The van der Waals surface area contributed by atoms with E-state index in [4.69, 9.17) is 4.98 Å². The number of carbonyl (C=O) groups is 1. The Morgan fingerprint density at radius 1 is 0.900 bits per heavy atom. The fourth-order valence-corrected chi connectivity index (χ4v) is 5.44. The molecule has 2 aliphatic rings. The average molecular weight is 402 g/mol. The third-order valence-electron chi connectivity index (χ3n) is 6.95. The second-order valence-electron chi connectivity index (χ2n) is 8.95. The van der Waals surface area contributed by atoms with Gasteiger partial charge in [0, 0.05) is 12.1 Å². The van der Waals surface area contributed by atoms with Gasteiger partial charge in [-0.15, -0.1) is 0 Å². The molecule has 1 amide bonds. The molecule has 0 radical (unpaired) electrons. The highest BCUT2D eigenvalue weighted by Gasteiger charge is 2.30. The van der Waals surface area contributed by atoms with Crippen LogP contribution in [0.15, 0.2) is 54.6 Å². The molecule has 4 nitrogen and oxygen atoms in total. The van der Waals surface area contributed by atoms with Crippen molar-refractivity contribution in [2.75, 3.05) is 0 Å². The molecule has 3 aromatic rings. The van der Waals surface area contributed by atoms with Crippen LogP contribution in [0.3, 0.4) is 0 Å². The van der Waals surface area contributed by atoms with Gasteiger partial charge in [0.1, 0.15) is 5.82 Å². The van der Waals surface area contributed by atoms with Crippen molar-refractivity contribution in [3.63, 3.8) is 0 Å². The molecule has 5 rings (SSSR count).